The second-order valence-electron chi connectivity index (χ2n) is 8.18. The number of amides is 3. The molecule has 0 saturated heterocycles. The third kappa shape index (κ3) is 9.21. The molecule has 1 saturated carbocycles. The molecule has 181 valence electrons. The van der Waals surface area contributed by atoms with Crippen molar-refractivity contribution in [3.8, 4) is 0 Å². The Hall–Kier alpha value is -2.69. The van der Waals surface area contributed by atoms with Gasteiger partial charge in [-0.1, -0.05) is 39.0 Å². The molecule has 1 aliphatic carbocycles. The van der Waals surface area contributed by atoms with E-state index in [1.54, 1.807) is 6.92 Å². The monoisotopic (exact) mass is 453 g/mol. The SMILES string of the molecule is CCC(=O)N[C@H](CO)C(=O)N[C@@H](C)C(=O)N[C@H]([C]=O)C(CCNC(=N)N)C1CCCCC1. The first-order valence-corrected chi connectivity index (χ1v) is 11.2. The number of guanidine groups is 1. The molecule has 1 radical (unpaired) electrons. The van der Waals surface area contributed by atoms with Gasteiger partial charge in [-0.2, -0.15) is 0 Å². The number of nitrogens with one attached hydrogen (secondary N) is 5. The summed E-state index contributed by atoms with van der Waals surface area (Å²) < 4.78 is 0. The van der Waals surface area contributed by atoms with Crippen LogP contribution in [0, 0.1) is 17.2 Å². The molecular weight excluding hydrogens is 416 g/mol. The lowest BCUT2D eigenvalue weighted by atomic mass is 9.75. The molecule has 8 N–H and O–H groups in total. The molecule has 11 heteroatoms. The van der Waals surface area contributed by atoms with E-state index in [0.29, 0.717) is 13.0 Å². The van der Waals surface area contributed by atoms with E-state index in [4.69, 9.17) is 11.1 Å². The van der Waals surface area contributed by atoms with Gasteiger partial charge in [-0.15, -0.1) is 0 Å². The first kappa shape index (κ1) is 27.3. The Morgan fingerprint density at radius 1 is 1.12 bits per heavy atom. The number of aliphatic hydroxyl groups excluding tert-OH is 1. The van der Waals surface area contributed by atoms with E-state index in [1.165, 1.54) is 6.92 Å². The van der Waals surface area contributed by atoms with Gasteiger partial charge in [0.2, 0.25) is 24.0 Å². The van der Waals surface area contributed by atoms with Crippen LogP contribution in [0.4, 0.5) is 0 Å². The minimum atomic E-state index is -1.17. The largest absolute Gasteiger partial charge is 0.394 e. The number of hydrogen-bond acceptors (Lipinski definition) is 6. The van der Waals surface area contributed by atoms with Crippen LogP contribution in [0.15, 0.2) is 0 Å². The number of nitrogens with two attached hydrogens (primary N) is 1. The predicted octanol–water partition coefficient (Wildman–Crippen LogP) is -0.958. The van der Waals surface area contributed by atoms with Crippen LogP contribution >= 0.6 is 0 Å². The second kappa shape index (κ2) is 14.4. The molecule has 0 heterocycles. The highest BCUT2D eigenvalue weighted by Gasteiger charge is 2.33. The fraction of sp³-hybridized carbons (Fsp3) is 0.762. The molecule has 1 rings (SSSR count). The van der Waals surface area contributed by atoms with Gasteiger partial charge in [0.15, 0.2) is 5.96 Å². The molecule has 1 aliphatic rings. The van der Waals surface area contributed by atoms with E-state index in [1.807, 2.05) is 6.29 Å². The van der Waals surface area contributed by atoms with Crippen LogP contribution in [-0.2, 0) is 19.2 Å². The highest BCUT2D eigenvalue weighted by molar-refractivity contribution is 5.92. The summed E-state index contributed by atoms with van der Waals surface area (Å²) in [6, 6.07) is -3.03. The number of aliphatic hydroxyl groups is 1. The number of carbonyl (C=O) groups excluding carboxylic acids is 4. The minimum absolute atomic E-state index is 0.151. The Labute approximate surface area is 189 Å². The summed E-state index contributed by atoms with van der Waals surface area (Å²) in [4.78, 5) is 48.3. The molecule has 1 unspecified atom stereocenters. The number of carbonyl (C=O) groups is 3. The second-order valence-corrected chi connectivity index (χ2v) is 8.18. The van der Waals surface area contributed by atoms with Crippen LogP contribution in [0.1, 0.15) is 58.8 Å². The van der Waals surface area contributed by atoms with Gasteiger partial charge in [0.1, 0.15) is 12.1 Å². The van der Waals surface area contributed by atoms with Gasteiger partial charge in [-0.05, 0) is 25.2 Å². The lowest BCUT2D eigenvalue weighted by molar-refractivity contribution is -0.132. The Bertz CT molecular complexity index is 653. The quantitative estimate of drug-likeness (QED) is 0.138. The van der Waals surface area contributed by atoms with E-state index < -0.39 is 42.5 Å². The number of hydrogen-bond donors (Lipinski definition) is 7. The maximum atomic E-state index is 12.7. The average Bonchev–Trinajstić information content (AvgIpc) is 2.78. The normalized spacial score (nSPS) is 17.8. The Kier molecular flexibility index (Phi) is 12.3. The number of rotatable bonds is 13. The van der Waals surface area contributed by atoms with Crippen molar-refractivity contribution in [3.63, 3.8) is 0 Å². The van der Waals surface area contributed by atoms with Crippen LogP contribution < -0.4 is 27.0 Å². The molecule has 3 amide bonds. The van der Waals surface area contributed by atoms with Crippen molar-refractivity contribution in [1.29, 1.82) is 5.41 Å². The highest BCUT2D eigenvalue weighted by atomic mass is 16.3. The summed E-state index contributed by atoms with van der Waals surface area (Å²) in [6.45, 7) is 2.86. The van der Waals surface area contributed by atoms with Gasteiger partial charge in [0.25, 0.3) is 0 Å². The highest BCUT2D eigenvalue weighted by Crippen LogP contribution is 2.33. The van der Waals surface area contributed by atoms with Crippen LogP contribution in [-0.4, -0.2) is 66.4 Å². The van der Waals surface area contributed by atoms with Crippen molar-refractivity contribution in [1.82, 2.24) is 21.3 Å². The summed E-state index contributed by atoms with van der Waals surface area (Å²) >= 11 is 0. The molecule has 0 aliphatic heterocycles. The lowest BCUT2D eigenvalue weighted by Gasteiger charge is -2.34. The van der Waals surface area contributed by atoms with Crippen LogP contribution in [0.5, 0.6) is 0 Å². The lowest BCUT2D eigenvalue weighted by Crippen LogP contribution is -2.56. The fourth-order valence-electron chi connectivity index (χ4n) is 3.98. The summed E-state index contributed by atoms with van der Waals surface area (Å²) in [5.74, 6) is -1.77. The maximum Gasteiger partial charge on any atom is 0.245 e. The van der Waals surface area contributed by atoms with Gasteiger partial charge in [-0.25, -0.2) is 0 Å². The molecule has 0 aromatic rings. The molecule has 0 spiro atoms. The molecule has 32 heavy (non-hydrogen) atoms. The Morgan fingerprint density at radius 3 is 2.31 bits per heavy atom. The van der Waals surface area contributed by atoms with Crippen molar-refractivity contribution in [3.05, 3.63) is 0 Å². The smallest absolute Gasteiger partial charge is 0.245 e. The first-order chi connectivity index (χ1) is 15.2. The van der Waals surface area contributed by atoms with Gasteiger partial charge in [0.05, 0.1) is 12.6 Å². The van der Waals surface area contributed by atoms with Gasteiger partial charge in [-0.3, -0.25) is 24.6 Å². The molecular formula is C21H37N6O5. The van der Waals surface area contributed by atoms with E-state index in [-0.39, 0.29) is 24.2 Å². The van der Waals surface area contributed by atoms with Crippen LogP contribution in [0.2, 0.25) is 0 Å². The van der Waals surface area contributed by atoms with Gasteiger partial charge in [0, 0.05) is 13.0 Å². The molecule has 4 atom stereocenters. The van der Waals surface area contributed by atoms with E-state index in [2.05, 4.69) is 21.3 Å². The minimum Gasteiger partial charge on any atom is -0.394 e. The molecule has 0 aromatic heterocycles. The van der Waals surface area contributed by atoms with Crippen molar-refractivity contribution in [2.75, 3.05) is 13.2 Å². The Morgan fingerprint density at radius 2 is 1.78 bits per heavy atom. The summed E-state index contributed by atoms with van der Waals surface area (Å²) in [6.07, 6.45) is 7.76. The average molecular weight is 454 g/mol. The van der Waals surface area contributed by atoms with Crippen molar-refractivity contribution < 1.29 is 24.3 Å². The summed E-state index contributed by atoms with van der Waals surface area (Å²) in [5, 5.41) is 26.9. The van der Waals surface area contributed by atoms with E-state index in [0.717, 1.165) is 32.1 Å². The Balaban J connectivity index is 2.77. The van der Waals surface area contributed by atoms with Gasteiger partial charge >= 0.3 is 0 Å². The fourth-order valence-corrected chi connectivity index (χ4v) is 3.98. The zero-order chi connectivity index (χ0) is 24.1. The van der Waals surface area contributed by atoms with Crippen LogP contribution in [0.25, 0.3) is 0 Å². The maximum absolute atomic E-state index is 12.7. The molecule has 0 aromatic carbocycles. The van der Waals surface area contributed by atoms with E-state index >= 15 is 0 Å². The van der Waals surface area contributed by atoms with Crippen molar-refractivity contribution >= 4 is 30.0 Å². The van der Waals surface area contributed by atoms with E-state index in [9.17, 15) is 24.3 Å². The zero-order valence-corrected chi connectivity index (χ0v) is 18.9. The topological polar surface area (TPSA) is 186 Å². The van der Waals surface area contributed by atoms with Crippen LogP contribution in [0.3, 0.4) is 0 Å². The first-order valence-electron chi connectivity index (χ1n) is 11.2. The predicted molar refractivity (Wildman–Crippen MR) is 119 cm³/mol. The zero-order valence-electron chi connectivity index (χ0n) is 18.9. The third-order valence-corrected chi connectivity index (χ3v) is 5.81. The third-order valence-electron chi connectivity index (χ3n) is 5.81. The van der Waals surface area contributed by atoms with Crippen molar-refractivity contribution in [2.24, 2.45) is 17.6 Å². The molecule has 0 bridgehead atoms. The summed E-state index contributed by atoms with van der Waals surface area (Å²) in [7, 11) is 0. The van der Waals surface area contributed by atoms with Crippen molar-refractivity contribution in [2.45, 2.75) is 76.9 Å². The van der Waals surface area contributed by atoms with Gasteiger partial charge < -0.3 is 32.1 Å². The summed E-state index contributed by atoms with van der Waals surface area (Å²) in [5.41, 5.74) is 5.35. The standard InChI is InChI=1S/C21H37N6O5/c1-3-18(30)26-17(12-29)20(32)25-13(2)19(31)27-16(11-28)15(9-10-24-21(22)23)14-7-5-4-6-8-14/h13-17,29H,3-10,12H2,1-2H3,(H,25,32)(H,26,30)(H,27,31)(H4,22,23,24)/t13-,15?,16+,17+/m0/s1. The molecule has 11 nitrogen and oxygen atoms in total. The molecule has 1 fully saturated rings.